The number of rotatable bonds is 1. The van der Waals surface area contributed by atoms with Crippen molar-refractivity contribution < 1.29 is 17.2 Å². The SMILES string of the molecule is O=S(=O)(O)OC#Cc1ccccc1. The Morgan fingerprint density at radius 1 is 1.23 bits per heavy atom. The molecule has 4 nitrogen and oxygen atoms in total. The fourth-order valence-corrected chi connectivity index (χ4v) is 0.801. The zero-order valence-electron chi connectivity index (χ0n) is 6.47. The lowest BCUT2D eigenvalue weighted by atomic mass is 10.2. The summed E-state index contributed by atoms with van der Waals surface area (Å²) in [5, 5.41) is 0. The highest BCUT2D eigenvalue weighted by Gasteiger charge is 1.99. The molecule has 0 spiro atoms. The molecule has 0 saturated carbocycles. The third kappa shape index (κ3) is 4.15. The van der Waals surface area contributed by atoms with Crippen LogP contribution < -0.4 is 0 Å². The molecule has 0 radical (unpaired) electrons. The maximum Gasteiger partial charge on any atom is 0.454 e. The summed E-state index contributed by atoms with van der Waals surface area (Å²) in [5.74, 6) is 2.39. The first-order valence-electron chi connectivity index (χ1n) is 3.30. The van der Waals surface area contributed by atoms with E-state index in [0.717, 1.165) is 0 Å². The third-order valence-electron chi connectivity index (χ3n) is 1.12. The molecule has 0 aliphatic heterocycles. The van der Waals surface area contributed by atoms with Crippen LogP contribution in [0.1, 0.15) is 5.56 Å². The molecule has 1 aromatic carbocycles. The molecule has 1 aromatic rings. The summed E-state index contributed by atoms with van der Waals surface area (Å²) in [7, 11) is -4.47. The highest BCUT2D eigenvalue weighted by molar-refractivity contribution is 7.81. The lowest BCUT2D eigenvalue weighted by Crippen LogP contribution is -1.97. The minimum Gasteiger partial charge on any atom is -0.306 e. The Morgan fingerprint density at radius 3 is 2.38 bits per heavy atom. The number of hydrogen-bond acceptors (Lipinski definition) is 3. The van der Waals surface area contributed by atoms with E-state index in [0.29, 0.717) is 5.56 Å². The van der Waals surface area contributed by atoms with E-state index in [1.165, 1.54) is 0 Å². The van der Waals surface area contributed by atoms with Gasteiger partial charge in [-0.05, 0) is 18.1 Å². The first-order valence-corrected chi connectivity index (χ1v) is 4.66. The summed E-state index contributed by atoms with van der Waals surface area (Å²) in [6, 6.07) is 8.66. The van der Waals surface area contributed by atoms with E-state index < -0.39 is 10.4 Å². The molecule has 0 heterocycles. The van der Waals surface area contributed by atoms with Gasteiger partial charge in [-0.15, -0.1) is 0 Å². The van der Waals surface area contributed by atoms with Gasteiger partial charge in [0.25, 0.3) is 0 Å². The first kappa shape index (κ1) is 9.58. The van der Waals surface area contributed by atoms with E-state index in [-0.39, 0.29) is 0 Å². The number of hydrogen-bond donors (Lipinski definition) is 1. The molecular weight excluding hydrogens is 192 g/mol. The van der Waals surface area contributed by atoms with Crippen LogP contribution in [-0.4, -0.2) is 13.0 Å². The summed E-state index contributed by atoms with van der Waals surface area (Å²) >= 11 is 0. The van der Waals surface area contributed by atoms with Crippen molar-refractivity contribution in [3.63, 3.8) is 0 Å². The number of benzene rings is 1. The standard InChI is InChI=1S/C8H6O4S/c9-13(10,11)12-7-6-8-4-2-1-3-5-8/h1-5H,(H,9,10,11). The Balaban J connectivity index is 2.70. The highest BCUT2D eigenvalue weighted by Crippen LogP contribution is 1.94. The predicted octanol–water partition coefficient (Wildman–Crippen LogP) is 0.815. The molecule has 13 heavy (non-hydrogen) atoms. The highest BCUT2D eigenvalue weighted by atomic mass is 32.3. The molecule has 1 rings (SSSR count). The van der Waals surface area contributed by atoms with Gasteiger partial charge in [0.1, 0.15) is 6.11 Å². The minimum absolute atomic E-state index is 0.603. The van der Waals surface area contributed by atoms with Crippen molar-refractivity contribution in [2.75, 3.05) is 0 Å². The molecule has 68 valence electrons. The average Bonchev–Trinajstić information content (AvgIpc) is 2.04. The quantitative estimate of drug-likeness (QED) is 0.536. The fraction of sp³-hybridized carbons (Fsp3) is 0. The average molecular weight is 198 g/mol. The normalized spacial score (nSPS) is 9.92. The second-order valence-electron chi connectivity index (χ2n) is 2.10. The zero-order chi connectivity index (χ0) is 9.73. The van der Waals surface area contributed by atoms with Gasteiger partial charge >= 0.3 is 10.4 Å². The maximum atomic E-state index is 10.1. The van der Waals surface area contributed by atoms with Crippen molar-refractivity contribution in [1.82, 2.24) is 0 Å². The maximum absolute atomic E-state index is 10.1. The molecule has 0 aliphatic rings. The van der Waals surface area contributed by atoms with Gasteiger partial charge in [0.15, 0.2) is 0 Å². The lowest BCUT2D eigenvalue weighted by molar-refractivity contribution is 0.371. The van der Waals surface area contributed by atoms with Crippen LogP contribution in [0.25, 0.3) is 0 Å². The fourth-order valence-electron chi connectivity index (χ4n) is 0.654. The molecule has 0 aromatic heterocycles. The molecule has 0 aliphatic carbocycles. The summed E-state index contributed by atoms with van der Waals surface area (Å²) in [4.78, 5) is 0. The van der Waals surface area contributed by atoms with Crippen LogP contribution in [0.2, 0.25) is 0 Å². The Labute approximate surface area is 76.1 Å². The van der Waals surface area contributed by atoms with E-state index in [2.05, 4.69) is 10.1 Å². The van der Waals surface area contributed by atoms with E-state index >= 15 is 0 Å². The van der Waals surface area contributed by atoms with Crippen molar-refractivity contribution in [2.45, 2.75) is 0 Å². The molecule has 0 amide bonds. The van der Waals surface area contributed by atoms with Crippen LogP contribution in [0.15, 0.2) is 30.3 Å². The van der Waals surface area contributed by atoms with E-state index in [4.69, 9.17) is 4.55 Å². The van der Waals surface area contributed by atoms with Gasteiger partial charge in [0.2, 0.25) is 0 Å². The van der Waals surface area contributed by atoms with Gasteiger partial charge in [-0.1, -0.05) is 18.2 Å². The van der Waals surface area contributed by atoms with E-state index in [9.17, 15) is 8.42 Å². The van der Waals surface area contributed by atoms with Crippen LogP contribution in [0.4, 0.5) is 0 Å². The molecule has 0 bridgehead atoms. The topological polar surface area (TPSA) is 63.6 Å². The van der Waals surface area contributed by atoms with Crippen LogP contribution in [-0.2, 0) is 14.6 Å². The smallest absolute Gasteiger partial charge is 0.306 e. The van der Waals surface area contributed by atoms with Gasteiger partial charge in [-0.3, -0.25) is 4.55 Å². The van der Waals surface area contributed by atoms with Crippen LogP contribution in [0, 0.1) is 12.0 Å². The molecule has 1 N–H and O–H groups in total. The zero-order valence-corrected chi connectivity index (χ0v) is 7.28. The summed E-state index contributed by atoms with van der Waals surface area (Å²) in [6.07, 6.45) is 1.85. The Bertz CT molecular complexity index is 424. The molecule has 0 fully saturated rings. The molecule has 0 saturated heterocycles. The molecular formula is C8H6O4S. The minimum atomic E-state index is -4.47. The van der Waals surface area contributed by atoms with Crippen LogP contribution in [0.5, 0.6) is 0 Å². The first-order chi connectivity index (χ1) is 6.08. The van der Waals surface area contributed by atoms with Gasteiger partial charge in [-0.25, -0.2) is 0 Å². The van der Waals surface area contributed by atoms with E-state index in [1.807, 2.05) is 6.11 Å². The Hall–Kier alpha value is -1.51. The van der Waals surface area contributed by atoms with E-state index in [1.54, 1.807) is 30.3 Å². The van der Waals surface area contributed by atoms with Gasteiger partial charge in [0.05, 0.1) is 0 Å². The molecule has 0 unspecified atom stereocenters. The Kier molecular flexibility index (Phi) is 2.90. The summed E-state index contributed by atoms with van der Waals surface area (Å²) in [5.41, 5.74) is 0.603. The second kappa shape index (κ2) is 3.94. The summed E-state index contributed by atoms with van der Waals surface area (Å²) < 4.78 is 32.0. The van der Waals surface area contributed by atoms with Gasteiger partial charge in [0, 0.05) is 5.56 Å². The lowest BCUT2D eigenvalue weighted by Gasteiger charge is -1.87. The second-order valence-corrected chi connectivity index (χ2v) is 3.13. The molecule has 5 heteroatoms. The van der Waals surface area contributed by atoms with Crippen molar-refractivity contribution in [3.8, 4) is 12.0 Å². The largest absolute Gasteiger partial charge is 0.454 e. The van der Waals surface area contributed by atoms with Crippen LogP contribution >= 0.6 is 0 Å². The van der Waals surface area contributed by atoms with Crippen LogP contribution in [0.3, 0.4) is 0 Å². The van der Waals surface area contributed by atoms with Crippen molar-refractivity contribution >= 4 is 10.4 Å². The third-order valence-corrected chi connectivity index (χ3v) is 1.41. The molecule has 0 atom stereocenters. The predicted molar refractivity (Wildman–Crippen MR) is 46.0 cm³/mol. The van der Waals surface area contributed by atoms with Gasteiger partial charge < -0.3 is 4.18 Å². The van der Waals surface area contributed by atoms with Crippen molar-refractivity contribution in [3.05, 3.63) is 35.9 Å². The summed E-state index contributed by atoms with van der Waals surface area (Å²) in [6.45, 7) is 0. The Morgan fingerprint density at radius 2 is 1.85 bits per heavy atom. The van der Waals surface area contributed by atoms with Crippen molar-refractivity contribution in [1.29, 1.82) is 0 Å². The van der Waals surface area contributed by atoms with Gasteiger partial charge in [-0.2, -0.15) is 8.42 Å². The van der Waals surface area contributed by atoms with Crippen molar-refractivity contribution in [2.24, 2.45) is 0 Å². The monoisotopic (exact) mass is 198 g/mol.